The molecule has 2 aliphatic heterocycles. The van der Waals surface area contributed by atoms with E-state index < -0.39 is 11.0 Å². The van der Waals surface area contributed by atoms with Crippen LogP contribution in [0.2, 0.25) is 0 Å². The molecule has 0 radical (unpaired) electrons. The van der Waals surface area contributed by atoms with Crippen LogP contribution in [0.3, 0.4) is 0 Å². The zero-order valence-corrected chi connectivity index (χ0v) is 19.4. The molecule has 34 heavy (non-hydrogen) atoms. The molecule has 2 aliphatic rings. The number of aromatic nitrogens is 4. The van der Waals surface area contributed by atoms with Crippen LogP contribution in [0, 0.1) is 10.1 Å². The van der Waals surface area contributed by atoms with E-state index in [0.29, 0.717) is 45.6 Å². The van der Waals surface area contributed by atoms with Gasteiger partial charge in [-0.05, 0) is 25.2 Å². The lowest BCUT2D eigenvalue weighted by atomic mass is 10.2. The summed E-state index contributed by atoms with van der Waals surface area (Å²) in [4.78, 5) is 54.7. The van der Waals surface area contributed by atoms with Gasteiger partial charge in [0.25, 0.3) is 0 Å². The van der Waals surface area contributed by atoms with Crippen LogP contribution >= 0.6 is 22.7 Å². The van der Waals surface area contributed by atoms with Gasteiger partial charge in [0.15, 0.2) is 11.6 Å². The van der Waals surface area contributed by atoms with Crippen molar-refractivity contribution in [3.05, 3.63) is 22.8 Å². The Bertz CT molecular complexity index is 1530. The molecular weight excluding hydrogens is 484 g/mol. The number of carbonyl (C=O) groups excluding carboxylic acids is 2. The van der Waals surface area contributed by atoms with Gasteiger partial charge in [0.05, 0.1) is 21.4 Å². The van der Waals surface area contributed by atoms with Gasteiger partial charge >= 0.3 is 17.1 Å². The first-order chi connectivity index (χ1) is 19.3. The standard InChI is InChI=1S/C9H7N5O3S.C9H9N5OS.4H2/c1-2-13-6-4-5(12-9(13)15)8(14(16)17)18-7(4)11-3-10-6;1-2-14-7-4-5(13-9(14)15)6(10)16-8(4)12-3-11-7;;;;/h3H,2H2,1H3,(H,12,15);3H,2,10H2,1H3,(H,13,15);4*1H/i;;3*1+1D;1+1. The Balaban J connectivity index is 0.000000342. The molecule has 16 heteroatoms. The summed E-state index contributed by atoms with van der Waals surface area (Å²) in [5, 5.41) is 18.1. The fourth-order valence-corrected chi connectivity index (χ4v) is 5.51. The number of rotatable bonds is 3. The van der Waals surface area contributed by atoms with Gasteiger partial charge in [0.2, 0.25) is 0 Å². The SMILES string of the molecule is CCN1C(=O)Nc2c(N)sc3ncnc1c23.CCN1C(=O)Nc2c([N+](=O)[O-])sc3ncnc1c23.[2HH].[2H][2H].[2H][2H].[2H][2H]. The second-order valence-corrected chi connectivity index (χ2v) is 8.99. The lowest BCUT2D eigenvalue weighted by Gasteiger charge is -2.25. The van der Waals surface area contributed by atoms with Crippen LogP contribution in [0.15, 0.2) is 12.7 Å². The van der Waals surface area contributed by atoms with Crippen molar-refractivity contribution in [2.24, 2.45) is 0 Å². The molecule has 6 heterocycles. The highest BCUT2D eigenvalue weighted by Gasteiger charge is 2.34. The molecule has 182 valence electrons. The second kappa shape index (κ2) is 7.99. The van der Waals surface area contributed by atoms with Gasteiger partial charge in [-0.15, -0.1) is 0 Å². The zero-order valence-electron chi connectivity index (χ0n) is 23.7. The summed E-state index contributed by atoms with van der Waals surface area (Å²) in [6.07, 6.45) is 2.77. The molecule has 0 fully saturated rings. The smallest absolute Gasteiger partial charge is 0.350 e. The number of amides is 4. The zero-order chi connectivity index (χ0) is 30.1. The van der Waals surface area contributed by atoms with E-state index in [-0.39, 0.29) is 18.1 Å². The highest BCUT2D eigenvalue weighted by atomic mass is 32.1. The van der Waals surface area contributed by atoms with E-state index >= 15 is 0 Å². The first kappa shape index (κ1) is 18.3. The molecular formula is C18H24N10O4S2. The number of anilines is 5. The van der Waals surface area contributed by atoms with E-state index in [1.807, 2.05) is 6.92 Å². The van der Waals surface area contributed by atoms with Crippen LogP contribution in [0.25, 0.3) is 20.4 Å². The van der Waals surface area contributed by atoms with Crippen molar-refractivity contribution in [1.29, 1.82) is 0 Å². The maximum absolute atomic E-state index is 11.8. The summed E-state index contributed by atoms with van der Waals surface area (Å²) in [6.45, 7) is 4.70. The first-order valence-electron chi connectivity index (χ1n) is 13.0. The minimum Gasteiger partial charge on any atom is -0.389 e. The number of nitrogens with one attached hydrogen (secondary N) is 2. The Kier molecular flexibility index (Phi) is 4.30. The number of nitrogen functional groups attached to an aromatic ring is 1. The number of hydrogen-bond donors (Lipinski definition) is 3. The predicted molar refractivity (Wildman–Crippen MR) is 138 cm³/mol. The minimum absolute atomic E-state index is 0. The molecule has 4 amide bonds. The normalized spacial score (nSPS) is 14.8. The molecule has 0 spiro atoms. The van der Waals surface area contributed by atoms with Gasteiger partial charge in [-0.25, -0.2) is 29.5 Å². The molecule has 4 N–H and O–H groups in total. The lowest BCUT2D eigenvalue weighted by Crippen LogP contribution is -2.38. The molecule has 0 atom stereocenters. The molecule has 0 bridgehead atoms. The van der Waals surface area contributed by atoms with Crippen LogP contribution in [-0.2, 0) is 0 Å². The highest BCUT2D eigenvalue weighted by molar-refractivity contribution is 7.23. The summed E-state index contributed by atoms with van der Waals surface area (Å²) in [5.74, 6) is 1.06. The van der Waals surface area contributed by atoms with E-state index in [1.165, 1.54) is 28.9 Å². The minimum atomic E-state index is -0.520. The average Bonchev–Trinajstić information content (AvgIpc) is 3.51. The van der Waals surface area contributed by atoms with Gasteiger partial charge in [-0.1, -0.05) is 11.3 Å². The van der Waals surface area contributed by atoms with Gasteiger partial charge in [-0.2, -0.15) is 0 Å². The van der Waals surface area contributed by atoms with Gasteiger partial charge in [0.1, 0.15) is 33.0 Å². The Labute approximate surface area is 209 Å². The fraction of sp³-hybridized carbons (Fsp3) is 0.222. The molecule has 0 saturated carbocycles. The molecule has 0 aliphatic carbocycles. The predicted octanol–water partition coefficient (Wildman–Crippen LogP) is 4.60. The van der Waals surface area contributed by atoms with Crippen molar-refractivity contribution in [2.75, 3.05) is 39.3 Å². The van der Waals surface area contributed by atoms with Crippen molar-refractivity contribution in [2.45, 2.75) is 13.8 Å². The summed E-state index contributed by atoms with van der Waals surface area (Å²) in [7, 11) is 0. The Morgan fingerprint density at radius 3 is 2.00 bits per heavy atom. The van der Waals surface area contributed by atoms with Crippen LogP contribution in [0.5, 0.6) is 0 Å². The molecule has 0 saturated heterocycles. The highest BCUT2D eigenvalue weighted by Crippen LogP contribution is 2.46. The lowest BCUT2D eigenvalue weighted by molar-refractivity contribution is -0.379. The average molecular weight is 516 g/mol. The van der Waals surface area contributed by atoms with Gasteiger partial charge in [-0.3, -0.25) is 19.9 Å². The largest absolute Gasteiger partial charge is 0.389 e. The van der Waals surface area contributed by atoms with Crippen LogP contribution in [0.1, 0.15) is 24.2 Å². The molecule has 6 rings (SSSR count). The first-order valence-corrected chi connectivity index (χ1v) is 11.6. The Hall–Kier alpha value is -4.18. The van der Waals surface area contributed by atoms with E-state index in [4.69, 9.17) is 14.6 Å². The summed E-state index contributed by atoms with van der Waals surface area (Å²) < 4.78 is 30.0. The topological polar surface area (TPSA) is 185 Å². The Morgan fingerprint density at radius 1 is 0.971 bits per heavy atom. The monoisotopic (exact) mass is 515 g/mol. The van der Waals surface area contributed by atoms with Crippen molar-refractivity contribution in [1.82, 2.24) is 19.9 Å². The van der Waals surface area contributed by atoms with Crippen LogP contribution in [-0.4, -0.2) is 50.0 Å². The van der Waals surface area contributed by atoms with Crippen LogP contribution in [0.4, 0.5) is 42.6 Å². The number of nitrogens with zero attached hydrogens (tertiary/aromatic N) is 7. The number of carbonyl (C=O) groups is 2. The number of nitrogens with two attached hydrogens (primary N) is 1. The van der Waals surface area contributed by atoms with Gasteiger partial charge < -0.3 is 16.4 Å². The summed E-state index contributed by atoms with van der Waals surface area (Å²) >= 11 is 2.29. The fourth-order valence-electron chi connectivity index (χ4n) is 3.75. The van der Waals surface area contributed by atoms with E-state index in [0.717, 1.165) is 21.6 Å². The number of hydrogen-bond acceptors (Lipinski definition) is 11. The molecule has 14 nitrogen and oxygen atoms in total. The van der Waals surface area contributed by atoms with E-state index in [1.54, 1.807) is 11.8 Å². The molecule has 4 aromatic rings. The number of urea groups is 2. The van der Waals surface area contributed by atoms with Crippen molar-refractivity contribution in [3.63, 3.8) is 0 Å². The molecule has 0 unspecified atom stereocenters. The van der Waals surface area contributed by atoms with Crippen molar-refractivity contribution in [3.8, 4) is 0 Å². The third-order valence-corrected chi connectivity index (χ3v) is 7.19. The van der Waals surface area contributed by atoms with Crippen molar-refractivity contribution < 1.29 is 24.8 Å². The third kappa shape index (κ3) is 3.14. The van der Waals surface area contributed by atoms with Crippen molar-refractivity contribution >= 4 is 88.2 Å². The van der Waals surface area contributed by atoms with E-state index in [2.05, 4.69) is 30.6 Å². The quantitative estimate of drug-likeness (QED) is 0.259. The summed E-state index contributed by atoms with van der Waals surface area (Å²) in [6, 6.07) is -0.605. The maximum atomic E-state index is 11.8. The van der Waals surface area contributed by atoms with Crippen LogP contribution < -0.4 is 26.2 Å². The molecule has 0 aromatic carbocycles. The number of nitro groups is 1. The number of thiophene rings is 2. The third-order valence-electron chi connectivity index (χ3n) is 5.21. The Morgan fingerprint density at radius 2 is 1.47 bits per heavy atom. The summed E-state index contributed by atoms with van der Waals surface area (Å²) in [5.41, 5.74) is 6.68. The van der Waals surface area contributed by atoms with Gasteiger partial charge in [0, 0.05) is 23.4 Å². The maximum Gasteiger partial charge on any atom is 0.350 e. The second-order valence-electron chi connectivity index (χ2n) is 6.98. The molecule has 4 aromatic heterocycles. The van der Waals surface area contributed by atoms with E-state index in [9.17, 15) is 19.7 Å².